The lowest BCUT2D eigenvalue weighted by molar-refractivity contribution is 0.102. The van der Waals surface area contributed by atoms with Gasteiger partial charge in [0.15, 0.2) is 11.6 Å². The molecule has 0 aliphatic heterocycles. The van der Waals surface area contributed by atoms with Gasteiger partial charge in [-0.15, -0.1) is 0 Å². The maximum Gasteiger partial charge on any atom is 0.196 e. The number of hydrogen-bond donors (Lipinski definition) is 1. The third kappa shape index (κ3) is 3.21. The van der Waals surface area contributed by atoms with Crippen LogP contribution >= 0.6 is 11.6 Å². The molecule has 0 bridgehead atoms. The number of phenolic OH excluding ortho intramolecular Hbond substituents is 1. The van der Waals surface area contributed by atoms with E-state index in [2.05, 4.69) is 0 Å². The molecule has 0 aromatic heterocycles. The second-order valence-corrected chi connectivity index (χ2v) is 5.70. The van der Waals surface area contributed by atoms with Gasteiger partial charge in [0.25, 0.3) is 0 Å². The molecule has 3 aromatic carbocycles. The van der Waals surface area contributed by atoms with Crippen molar-refractivity contribution < 1.29 is 14.7 Å². The maximum absolute atomic E-state index is 12.4. The fourth-order valence-corrected chi connectivity index (χ4v) is 2.49. The summed E-state index contributed by atoms with van der Waals surface area (Å²) in [4.78, 5) is 24.8. The molecule has 0 radical (unpaired) electrons. The van der Waals surface area contributed by atoms with E-state index in [1.165, 1.54) is 6.07 Å². The van der Waals surface area contributed by atoms with Crippen molar-refractivity contribution in [3.63, 3.8) is 0 Å². The monoisotopic (exact) mass is 336 g/mol. The Kier molecular flexibility index (Phi) is 4.45. The normalized spacial score (nSPS) is 10.4. The van der Waals surface area contributed by atoms with Gasteiger partial charge >= 0.3 is 0 Å². The van der Waals surface area contributed by atoms with Gasteiger partial charge in [-0.1, -0.05) is 48.0 Å². The van der Waals surface area contributed by atoms with E-state index >= 15 is 0 Å². The molecule has 3 rings (SSSR count). The highest BCUT2D eigenvalue weighted by Crippen LogP contribution is 2.21. The largest absolute Gasteiger partial charge is 0.507 e. The molecule has 24 heavy (non-hydrogen) atoms. The molecular weight excluding hydrogens is 324 g/mol. The van der Waals surface area contributed by atoms with Crippen molar-refractivity contribution in [2.24, 2.45) is 0 Å². The minimum Gasteiger partial charge on any atom is -0.507 e. The summed E-state index contributed by atoms with van der Waals surface area (Å²) < 4.78 is 0. The van der Waals surface area contributed by atoms with Crippen LogP contribution in [0.2, 0.25) is 5.02 Å². The number of halogens is 1. The summed E-state index contributed by atoms with van der Waals surface area (Å²) in [5.74, 6) is -0.504. The molecule has 118 valence electrons. The van der Waals surface area contributed by atoms with Gasteiger partial charge in [-0.25, -0.2) is 0 Å². The smallest absolute Gasteiger partial charge is 0.196 e. The van der Waals surface area contributed by atoms with Crippen molar-refractivity contribution >= 4 is 23.2 Å². The number of aromatic hydroxyl groups is 1. The first-order valence-electron chi connectivity index (χ1n) is 7.29. The second-order valence-electron chi connectivity index (χ2n) is 5.26. The van der Waals surface area contributed by atoms with E-state index < -0.39 is 0 Å². The molecule has 0 saturated heterocycles. The molecule has 0 aliphatic rings. The highest BCUT2D eigenvalue weighted by atomic mass is 35.5. The third-order valence-corrected chi connectivity index (χ3v) is 3.92. The predicted octanol–water partition coefficient (Wildman–Crippen LogP) is 4.51. The lowest BCUT2D eigenvalue weighted by atomic mass is 9.98. The predicted molar refractivity (Wildman–Crippen MR) is 92.9 cm³/mol. The van der Waals surface area contributed by atoms with Crippen LogP contribution in [0.5, 0.6) is 5.75 Å². The van der Waals surface area contributed by atoms with Crippen molar-refractivity contribution in [2.75, 3.05) is 0 Å². The standard InChI is InChI=1S/C20H13ClO3/c21-16-11-9-14(10-12-16)19(23)13-5-7-15(8-6-13)20(24)17-3-1-2-4-18(17)22/h1-12,22H. The first-order valence-corrected chi connectivity index (χ1v) is 7.67. The lowest BCUT2D eigenvalue weighted by Gasteiger charge is -2.05. The van der Waals surface area contributed by atoms with Gasteiger partial charge < -0.3 is 5.11 Å². The van der Waals surface area contributed by atoms with Crippen LogP contribution in [0.1, 0.15) is 31.8 Å². The molecule has 0 unspecified atom stereocenters. The average Bonchev–Trinajstić information content (AvgIpc) is 2.62. The summed E-state index contributed by atoms with van der Waals surface area (Å²) in [5, 5.41) is 10.3. The second kappa shape index (κ2) is 6.69. The Labute approximate surface area is 144 Å². The van der Waals surface area contributed by atoms with Gasteiger partial charge in [0.1, 0.15) is 5.75 Å². The number of phenols is 1. The third-order valence-electron chi connectivity index (χ3n) is 3.66. The minimum absolute atomic E-state index is 0.0659. The zero-order valence-electron chi connectivity index (χ0n) is 12.6. The number of ketones is 2. The van der Waals surface area contributed by atoms with Gasteiger partial charge in [-0.2, -0.15) is 0 Å². The number of rotatable bonds is 4. The molecule has 0 atom stereocenters. The summed E-state index contributed by atoms with van der Waals surface area (Å²) in [6.07, 6.45) is 0. The Morgan fingerprint density at radius 3 is 1.67 bits per heavy atom. The number of carbonyl (C=O) groups is 2. The first-order chi connectivity index (χ1) is 11.6. The molecule has 0 amide bonds. The number of carbonyl (C=O) groups excluding carboxylic acids is 2. The fraction of sp³-hybridized carbons (Fsp3) is 0. The van der Waals surface area contributed by atoms with Crippen LogP contribution in [0.15, 0.2) is 72.8 Å². The lowest BCUT2D eigenvalue weighted by Crippen LogP contribution is -2.04. The van der Waals surface area contributed by atoms with E-state index in [4.69, 9.17) is 11.6 Å². The highest BCUT2D eigenvalue weighted by molar-refractivity contribution is 6.30. The van der Waals surface area contributed by atoms with E-state index in [0.29, 0.717) is 21.7 Å². The van der Waals surface area contributed by atoms with Crippen molar-refractivity contribution in [2.45, 2.75) is 0 Å². The Bertz CT molecular complexity index is 897. The van der Waals surface area contributed by atoms with Gasteiger partial charge in [0, 0.05) is 21.7 Å². The molecule has 3 nitrogen and oxygen atoms in total. The van der Waals surface area contributed by atoms with E-state index in [1.54, 1.807) is 66.7 Å². The molecule has 0 aliphatic carbocycles. The van der Waals surface area contributed by atoms with Gasteiger partial charge in [-0.05, 0) is 36.4 Å². The summed E-state index contributed by atoms with van der Waals surface area (Å²) >= 11 is 5.82. The summed E-state index contributed by atoms with van der Waals surface area (Å²) in [5.41, 5.74) is 1.64. The van der Waals surface area contributed by atoms with Crippen LogP contribution in [0.3, 0.4) is 0 Å². The van der Waals surface area contributed by atoms with Crippen LogP contribution in [-0.2, 0) is 0 Å². The quantitative estimate of drug-likeness (QED) is 0.713. The van der Waals surface area contributed by atoms with Crippen LogP contribution in [-0.4, -0.2) is 16.7 Å². The highest BCUT2D eigenvalue weighted by Gasteiger charge is 2.14. The molecule has 0 fully saturated rings. The SMILES string of the molecule is O=C(c1ccc(Cl)cc1)c1ccc(C(=O)c2ccccc2O)cc1. The van der Waals surface area contributed by atoms with Crippen molar-refractivity contribution in [1.82, 2.24) is 0 Å². The number of benzene rings is 3. The molecule has 0 heterocycles. The van der Waals surface area contributed by atoms with E-state index in [-0.39, 0.29) is 22.9 Å². The minimum atomic E-state index is -0.293. The van der Waals surface area contributed by atoms with Crippen LogP contribution in [0.25, 0.3) is 0 Å². The fourth-order valence-electron chi connectivity index (χ4n) is 2.36. The Hall–Kier alpha value is -2.91. The number of hydrogen-bond acceptors (Lipinski definition) is 3. The Balaban J connectivity index is 1.85. The van der Waals surface area contributed by atoms with Gasteiger partial charge in [0.05, 0.1) is 5.56 Å². The van der Waals surface area contributed by atoms with Gasteiger partial charge in [-0.3, -0.25) is 9.59 Å². The molecule has 4 heteroatoms. The van der Waals surface area contributed by atoms with Crippen molar-refractivity contribution in [3.8, 4) is 5.75 Å². The number of para-hydroxylation sites is 1. The van der Waals surface area contributed by atoms with Crippen molar-refractivity contribution in [3.05, 3.63) is 100 Å². The zero-order chi connectivity index (χ0) is 17.1. The maximum atomic E-state index is 12.4. The first kappa shape index (κ1) is 16.0. The Morgan fingerprint density at radius 1 is 0.667 bits per heavy atom. The van der Waals surface area contributed by atoms with E-state index in [1.807, 2.05) is 0 Å². The summed E-state index contributed by atoms with van der Waals surface area (Å²) in [6.45, 7) is 0. The van der Waals surface area contributed by atoms with Crippen LogP contribution in [0.4, 0.5) is 0 Å². The van der Waals surface area contributed by atoms with Crippen LogP contribution < -0.4 is 0 Å². The van der Waals surface area contributed by atoms with E-state index in [9.17, 15) is 14.7 Å². The molecule has 0 spiro atoms. The zero-order valence-corrected chi connectivity index (χ0v) is 13.3. The van der Waals surface area contributed by atoms with E-state index in [0.717, 1.165) is 0 Å². The molecular formula is C20H13ClO3. The molecule has 1 N–H and O–H groups in total. The molecule has 0 saturated carbocycles. The Morgan fingerprint density at radius 2 is 1.12 bits per heavy atom. The van der Waals surface area contributed by atoms with Crippen molar-refractivity contribution in [1.29, 1.82) is 0 Å². The summed E-state index contributed by atoms with van der Waals surface area (Å²) in [6, 6.07) is 19.4. The molecule has 3 aromatic rings. The van der Waals surface area contributed by atoms with Crippen LogP contribution in [0, 0.1) is 0 Å². The topological polar surface area (TPSA) is 54.4 Å². The average molecular weight is 337 g/mol. The van der Waals surface area contributed by atoms with Gasteiger partial charge in [0.2, 0.25) is 0 Å². The summed E-state index contributed by atoms with van der Waals surface area (Å²) in [7, 11) is 0.